The zero-order valence-corrected chi connectivity index (χ0v) is 11.5. The van der Waals surface area contributed by atoms with Crippen LogP contribution in [-0.2, 0) is 11.2 Å². The molecule has 1 heterocycles. The lowest BCUT2D eigenvalue weighted by molar-refractivity contribution is -0.131. The topological polar surface area (TPSA) is 41.6 Å². The van der Waals surface area contributed by atoms with Gasteiger partial charge >= 0.3 is 0 Å². The van der Waals surface area contributed by atoms with Crippen LogP contribution in [0.1, 0.15) is 18.9 Å². The van der Waals surface area contributed by atoms with Crippen molar-refractivity contribution in [3.63, 3.8) is 0 Å². The first-order valence-electron chi connectivity index (χ1n) is 7.00. The van der Waals surface area contributed by atoms with Crippen molar-refractivity contribution in [3.8, 4) is 5.75 Å². The van der Waals surface area contributed by atoms with Crippen LogP contribution in [0.15, 0.2) is 24.3 Å². The molecular formula is C15H22N2O2. The Bertz CT molecular complexity index is 414. The minimum Gasteiger partial charge on any atom is -0.494 e. The molecule has 1 aliphatic rings. The Morgan fingerprint density at radius 3 is 2.79 bits per heavy atom. The summed E-state index contributed by atoms with van der Waals surface area (Å²) in [7, 11) is 0. The number of aryl methyl sites for hydroxylation is 1. The van der Waals surface area contributed by atoms with Crippen LogP contribution < -0.4 is 10.1 Å². The van der Waals surface area contributed by atoms with Gasteiger partial charge in [-0.1, -0.05) is 18.2 Å². The number of nitrogens with zero attached hydrogens (tertiary/aromatic N) is 1. The van der Waals surface area contributed by atoms with Gasteiger partial charge in [0.2, 0.25) is 5.91 Å². The molecule has 0 bridgehead atoms. The van der Waals surface area contributed by atoms with Crippen molar-refractivity contribution in [1.29, 1.82) is 0 Å². The minimum atomic E-state index is 0.243. The Morgan fingerprint density at radius 1 is 1.32 bits per heavy atom. The number of para-hydroxylation sites is 1. The van der Waals surface area contributed by atoms with E-state index in [0.717, 1.165) is 43.9 Å². The standard InChI is InChI=1S/C15H22N2O2/c1-2-19-14-6-4-3-5-13(14)7-8-15(18)17-11-9-16-10-12-17/h3-6,16H,2,7-12H2,1H3. The largest absolute Gasteiger partial charge is 0.494 e. The predicted octanol–water partition coefficient (Wildman–Crippen LogP) is 1.45. The molecular weight excluding hydrogens is 240 g/mol. The fourth-order valence-electron chi connectivity index (χ4n) is 2.32. The van der Waals surface area contributed by atoms with Crippen LogP contribution in [0.3, 0.4) is 0 Å². The second kappa shape index (κ2) is 7.14. The third-order valence-corrected chi connectivity index (χ3v) is 3.35. The van der Waals surface area contributed by atoms with E-state index in [1.165, 1.54) is 0 Å². The van der Waals surface area contributed by atoms with E-state index >= 15 is 0 Å². The van der Waals surface area contributed by atoms with E-state index in [-0.39, 0.29) is 5.91 Å². The van der Waals surface area contributed by atoms with E-state index in [0.29, 0.717) is 13.0 Å². The number of piperazine rings is 1. The summed E-state index contributed by atoms with van der Waals surface area (Å²) < 4.78 is 5.58. The molecule has 2 rings (SSSR count). The molecule has 1 aromatic carbocycles. The zero-order valence-electron chi connectivity index (χ0n) is 11.5. The van der Waals surface area contributed by atoms with Crippen LogP contribution in [0.2, 0.25) is 0 Å². The molecule has 1 aromatic rings. The summed E-state index contributed by atoms with van der Waals surface area (Å²) in [6.07, 6.45) is 1.31. The fraction of sp³-hybridized carbons (Fsp3) is 0.533. The highest BCUT2D eigenvalue weighted by molar-refractivity contribution is 5.76. The summed E-state index contributed by atoms with van der Waals surface area (Å²) >= 11 is 0. The molecule has 1 saturated heterocycles. The second-order valence-corrected chi connectivity index (χ2v) is 4.67. The fourth-order valence-corrected chi connectivity index (χ4v) is 2.32. The van der Waals surface area contributed by atoms with Crippen LogP contribution in [0, 0.1) is 0 Å². The molecule has 0 atom stereocenters. The highest BCUT2D eigenvalue weighted by Crippen LogP contribution is 2.19. The number of nitrogens with one attached hydrogen (secondary N) is 1. The first-order valence-corrected chi connectivity index (χ1v) is 7.00. The third kappa shape index (κ3) is 3.96. The maximum atomic E-state index is 12.1. The molecule has 1 aliphatic heterocycles. The van der Waals surface area contributed by atoms with Crippen LogP contribution in [0.25, 0.3) is 0 Å². The monoisotopic (exact) mass is 262 g/mol. The van der Waals surface area contributed by atoms with Crippen LogP contribution in [-0.4, -0.2) is 43.6 Å². The van der Waals surface area contributed by atoms with Gasteiger partial charge in [0.1, 0.15) is 5.75 Å². The lowest BCUT2D eigenvalue weighted by Crippen LogP contribution is -2.46. The average molecular weight is 262 g/mol. The summed E-state index contributed by atoms with van der Waals surface area (Å²) in [6.45, 7) is 6.09. The maximum Gasteiger partial charge on any atom is 0.222 e. The van der Waals surface area contributed by atoms with Crippen molar-refractivity contribution in [2.24, 2.45) is 0 Å². The van der Waals surface area contributed by atoms with Gasteiger partial charge in [0.25, 0.3) is 0 Å². The summed E-state index contributed by atoms with van der Waals surface area (Å²) in [5.74, 6) is 1.14. The number of carbonyl (C=O) groups is 1. The summed E-state index contributed by atoms with van der Waals surface area (Å²) in [5.41, 5.74) is 1.12. The van der Waals surface area contributed by atoms with E-state index in [4.69, 9.17) is 4.74 Å². The summed E-state index contributed by atoms with van der Waals surface area (Å²) in [5, 5.41) is 3.26. The number of rotatable bonds is 5. The Kier molecular flexibility index (Phi) is 5.21. The molecule has 0 radical (unpaired) electrons. The number of hydrogen-bond acceptors (Lipinski definition) is 3. The Labute approximate surface area is 114 Å². The van der Waals surface area contributed by atoms with Gasteiger partial charge in [0, 0.05) is 32.6 Å². The molecule has 19 heavy (non-hydrogen) atoms. The van der Waals surface area contributed by atoms with Crippen LogP contribution >= 0.6 is 0 Å². The van der Waals surface area contributed by atoms with Crippen molar-refractivity contribution < 1.29 is 9.53 Å². The minimum absolute atomic E-state index is 0.243. The first kappa shape index (κ1) is 13.9. The van der Waals surface area contributed by atoms with Gasteiger partial charge in [0.15, 0.2) is 0 Å². The predicted molar refractivity (Wildman–Crippen MR) is 75.4 cm³/mol. The van der Waals surface area contributed by atoms with Crippen molar-refractivity contribution in [2.45, 2.75) is 19.8 Å². The number of carbonyl (C=O) groups excluding carboxylic acids is 1. The molecule has 0 aromatic heterocycles. The van der Waals surface area contributed by atoms with E-state index < -0.39 is 0 Å². The van der Waals surface area contributed by atoms with E-state index in [1.54, 1.807) is 0 Å². The molecule has 0 saturated carbocycles. The molecule has 0 aliphatic carbocycles. The molecule has 1 amide bonds. The van der Waals surface area contributed by atoms with Crippen LogP contribution in [0.5, 0.6) is 5.75 Å². The van der Waals surface area contributed by atoms with Gasteiger partial charge < -0.3 is 15.0 Å². The van der Waals surface area contributed by atoms with Gasteiger partial charge in [-0.25, -0.2) is 0 Å². The molecule has 0 spiro atoms. The highest BCUT2D eigenvalue weighted by Gasteiger charge is 2.16. The van der Waals surface area contributed by atoms with Crippen molar-refractivity contribution >= 4 is 5.91 Å². The Morgan fingerprint density at radius 2 is 2.05 bits per heavy atom. The second-order valence-electron chi connectivity index (χ2n) is 4.67. The maximum absolute atomic E-state index is 12.1. The summed E-state index contributed by atoms with van der Waals surface area (Å²) in [6, 6.07) is 7.96. The lowest BCUT2D eigenvalue weighted by atomic mass is 10.1. The Hall–Kier alpha value is -1.55. The van der Waals surface area contributed by atoms with E-state index in [1.807, 2.05) is 36.1 Å². The number of amides is 1. The molecule has 1 fully saturated rings. The molecule has 0 unspecified atom stereocenters. The Balaban J connectivity index is 1.89. The van der Waals surface area contributed by atoms with Crippen molar-refractivity contribution in [3.05, 3.63) is 29.8 Å². The average Bonchev–Trinajstić information content (AvgIpc) is 2.47. The van der Waals surface area contributed by atoms with E-state index in [2.05, 4.69) is 5.32 Å². The number of hydrogen-bond donors (Lipinski definition) is 1. The molecule has 104 valence electrons. The molecule has 1 N–H and O–H groups in total. The van der Waals surface area contributed by atoms with Crippen LogP contribution in [0.4, 0.5) is 0 Å². The first-order chi connectivity index (χ1) is 9.31. The van der Waals surface area contributed by atoms with Crippen molar-refractivity contribution in [2.75, 3.05) is 32.8 Å². The van der Waals surface area contributed by atoms with E-state index in [9.17, 15) is 4.79 Å². The molecule has 4 heteroatoms. The molecule has 4 nitrogen and oxygen atoms in total. The van der Waals surface area contributed by atoms with Crippen molar-refractivity contribution in [1.82, 2.24) is 10.2 Å². The quantitative estimate of drug-likeness (QED) is 0.873. The van der Waals surface area contributed by atoms with Gasteiger partial charge in [-0.05, 0) is 25.0 Å². The smallest absolute Gasteiger partial charge is 0.222 e. The lowest BCUT2D eigenvalue weighted by Gasteiger charge is -2.27. The SMILES string of the molecule is CCOc1ccccc1CCC(=O)N1CCNCC1. The third-order valence-electron chi connectivity index (χ3n) is 3.35. The van der Waals surface area contributed by atoms with Gasteiger partial charge in [-0.3, -0.25) is 4.79 Å². The highest BCUT2D eigenvalue weighted by atomic mass is 16.5. The van der Waals surface area contributed by atoms with Gasteiger partial charge in [-0.15, -0.1) is 0 Å². The van der Waals surface area contributed by atoms with Gasteiger partial charge in [0.05, 0.1) is 6.61 Å². The number of ether oxygens (including phenoxy) is 1. The zero-order chi connectivity index (χ0) is 13.5. The normalized spacial score (nSPS) is 15.3. The number of benzene rings is 1. The van der Waals surface area contributed by atoms with Gasteiger partial charge in [-0.2, -0.15) is 0 Å². The summed E-state index contributed by atoms with van der Waals surface area (Å²) in [4.78, 5) is 14.0.